The molecule has 6 rings (SSSR count). The van der Waals surface area contributed by atoms with Gasteiger partial charge in [0.1, 0.15) is 6.15 Å². The fourth-order valence-corrected chi connectivity index (χ4v) is 7.61. The Bertz CT molecular complexity index is 2600. The highest BCUT2D eigenvalue weighted by Crippen LogP contribution is 2.41. The third-order valence-corrected chi connectivity index (χ3v) is 10.8. The van der Waals surface area contributed by atoms with E-state index in [1.54, 1.807) is 10.8 Å². The van der Waals surface area contributed by atoms with Crippen LogP contribution in [0.1, 0.15) is 55.8 Å². The van der Waals surface area contributed by atoms with E-state index in [4.69, 9.17) is 0 Å². The molecule has 0 aliphatic heterocycles. The molecule has 1 heterocycles. The van der Waals surface area contributed by atoms with Crippen LogP contribution in [-0.4, -0.2) is 11.1 Å². The van der Waals surface area contributed by atoms with Crippen LogP contribution in [0.4, 0.5) is 119 Å². The van der Waals surface area contributed by atoms with Crippen LogP contribution in [0.2, 0.25) is 0 Å². The van der Waals surface area contributed by atoms with Crippen molar-refractivity contribution in [3.8, 4) is 0 Å². The van der Waals surface area contributed by atoms with Crippen molar-refractivity contribution in [3.63, 3.8) is 0 Å². The van der Waals surface area contributed by atoms with Crippen molar-refractivity contribution < 1.29 is 123 Å². The third kappa shape index (κ3) is 13.9. The fraction of sp³-hybridized carbons (Fsp3) is 0.200. The molecule has 0 saturated carbocycles. The number of aromatic nitrogens is 2. The minimum Gasteiger partial charge on any atom is -0.241 e. The van der Waals surface area contributed by atoms with Gasteiger partial charge >= 0.3 is 55.5 Å². The minimum atomic E-state index is -6.13. The topological polar surface area (TPSA) is 16.8 Å². The Kier molecular flexibility index (Phi) is 16.0. The zero-order valence-corrected chi connectivity index (χ0v) is 35.9. The van der Waals surface area contributed by atoms with Crippen LogP contribution in [0.15, 0.2) is 128 Å². The van der Waals surface area contributed by atoms with Gasteiger partial charge in [-0.2, -0.15) is 145 Å². The predicted octanol–water partition coefficient (Wildman–Crippen LogP) is 14.2. The molecule has 0 bridgehead atoms. The van der Waals surface area contributed by atoms with E-state index < -0.39 is 207 Å². The second-order valence-corrected chi connectivity index (χ2v) is 15.9. The molecule has 0 saturated heterocycles. The maximum atomic E-state index is 14.2. The summed E-state index contributed by atoms with van der Waals surface area (Å²) in [5.74, 6) is -1.59. The Morgan fingerprint density at radius 3 is 0.853 bits per heavy atom. The van der Waals surface area contributed by atoms with Gasteiger partial charge in [0.25, 0.3) is 0 Å². The summed E-state index contributed by atoms with van der Waals surface area (Å²) in [5.41, 5.74) is -29.6. The molecule has 404 valence electrons. The van der Waals surface area contributed by atoms with E-state index in [1.807, 2.05) is 30.3 Å². The first kappa shape index (κ1) is 59.0. The molecule has 6 aromatic rings. The molecule has 30 heteroatoms. The highest BCUT2D eigenvalue weighted by molar-refractivity contribution is 7.20. The van der Waals surface area contributed by atoms with Crippen LogP contribution >= 0.6 is 0 Å². The Hall–Kier alpha value is -6.91. The number of alkyl halides is 24. The lowest BCUT2D eigenvalue weighted by atomic mass is 9.12. The lowest BCUT2D eigenvalue weighted by molar-refractivity contribution is -0.689. The summed E-state index contributed by atoms with van der Waals surface area (Å²) in [6.07, 6.45) is -53.0. The molecule has 75 heavy (non-hydrogen) atoms. The first-order valence-electron chi connectivity index (χ1n) is 19.9. The van der Waals surface area contributed by atoms with Crippen LogP contribution < -0.4 is 26.4 Å². The second-order valence-electron chi connectivity index (χ2n) is 15.9. The molecule has 0 radical (unpaired) electrons. The van der Waals surface area contributed by atoms with Gasteiger partial charge in [0.05, 0.1) is 50.7 Å². The summed E-state index contributed by atoms with van der Waals surface area (Å²) in [7, 11) is 0. The molecule has 0 aliphatic rings. The van der Waals surface area contributed by atoms with E-state index in [-0.39, 0.29) is 5.69 Å². The first-order valence-corrected chi connectivity index (χ1v) is 19.9. The van der Waals surface area contributed by atoms with Crippen LogP contribution in [0.3, 0.4) is 0 Å². The summed E-state index contributed by atoms with van der Waals surface area (Å²) in [5, 5.41) is 0. The molecular weight excluding hydrogens is 1090 g/mol. The number of rotatable bonds is 7. The zero-order chi connectivity index (χ0) is 56.9. The lowest BCUT2D eigenvalue weighted by Crippen LogP contribution is -2.75. The van der Waals surface area contributed by atoms with E-state index in [1.165, 1.54) is 12.4 Å². The summed E-state index contributed by atoms with van der Waals surface area (Å²) in [6.45, 7) is 0.470. The number of hydrogen-bond donors (Lipinski definition) is 0. The van der Waals surface area contributed by atoms with E-state index in [0.717, 1.165) is 5.56 Å². The van der Waals surface area contributed by atoms with Gasteiger partial charge in [-0.25, -0.2) is 4.98 Å². The maximum absolute atomic E-state index is 14.2. The van der Waals surface area contributed by atoms with Crippen molar-refractivity contribution >= 4 is 33.8 Å². The van der Waals surface area contributed by atoms with Crippen LogP contribution in [0.25, 0.3) is 5.83 Å². The molecule has 0 N–H and O–H groups in total. The number of benzene rings is 5. The molecule has 0 amide bonds. The summed E-state index contributed by atoms with van der Waals surface area (Å²) >= 11 is 0. The van der Waals surface area contributed by atoms with Gasteiger partial charge in [-0.15, -0.1) is 0 Å². The Labute approximate surface area is 401 Å². The van der Waals surface area contributed by atoms with E-state index in [2.05, 4.69) is 4.98 Å². The van der Waals surface area contributed by atoms with Gasteiger partial charge < -0.3 is 0 Å². The fourth-order valence-electron chi connectivity index (χ4n) is 7.61. The molecule has 0 atom stereocenters. The van der Waals surface area contributed by atoms with Gasteiger partial charge in [0.2, 0.25) is 5.83 Å². The van der Waals surface area contributed by atoms with E-state index in [9.17, 15) is 119 Å². The number of halogens is 27. The molecule has 0 unspecified atom stereocenters. The highest BCUT2D eigenvalue weighted by atomic mass is 19.4. The zero-order valence-electron chi connectivity index (χ0n) is 35.9. The van der Waals surface area contributed by atoms with E-state index >= 15 is 0 Å². The molecule has 2 nitrogen and oxygen atoms in total. The Morgan fingerprint density at radius 1 is 0.373 bits per heavy atom. The predicted molar refractivity (Wildman–Crippen MR) is 210 cm³/mol. The van der Waals surface area contributed by atoms with Crippen molar-refractivity contribution in [2.45, 2.75) is 56.0 Å². The first-order chi connectivity index (χ1) is 33.9. The monoisotopic (exact) mass is 1110 g/mol. The lowest BCUT2D eigenvalue weighted by Gasteiger charge is -2.46. The maximum Gasteiger partial charge on any atom is 0.416 e. The van der Waals surface area contributed by atoms with Gasteiger partial charge in [0, 0.05) is 5.56 Å². The standard InChI is InChI=1S/C32H12BF24.C13H10F3N2/c34-25(35,36)13-1-14(26(37,38)39)6-21(5-13)33(22-7-15(27(40,41)42)2-16(8-22)28(43,44)45,23-9-17(29(46,47)48)3-18(10-23)30(49,50)51)24-11-19(31(52,53)54)4-20(12-24)32(55,56)57;14-12(13(15)16)11-9-18(7-6-17-11)8-10-4-2-1-3-5-10/h1-12H;1-7,9H,8H2/q-1;+1. The quantitative estimate of drug-likeness (QED) is 0.0884. The average Bonchev–Trinajstić information content (AvgIpc) is 3.27. The summed E-state index contributed by atoms with van der Waals surface area (Å²) in [6, 6.07) is 0.617. The average molecular weight is 1110 g/mol. The summed E-state index contributed by atoms with van der Waals surface area (Å²) in [4.78, 5) is 3.57. The van der Waals surface area contributed by atoms with Gasteiger partial charge in [-0.05, 0) is 24.3 Å². The third-order valence-electron chi connectivity index (χ3n) is 10.8. The Morgan fingerprint density at radius 2 is 0.627 bits per heavy atom. The number of nitrogens with zero attached hydrogens (tertiary/aromatic N) is 2. The molecule has 5 aromatic carbocycles. The van der Waals surface area contributed by atoms with Crippen molar-refractivity contribution in [2.24, 2.45) is 0 Å². The van der Waals surface area contributed by atoms with Crippen molar-refractivity contribution in [1.82, 2.24) is 4.98 Å². The van der Waals surface area contributed by atoms with Crippen molar-refractivity contribution in [3.05, 3.63) is 184 Å². The smallest absolute Gasteiger partial charge is 0.241 e. The highest BCUT2D eigenvalue weighted by Gasteiger charge is 2.47. The summed E-state index contributed by atoms with van der Waals surface area (Å²) < 4.78 is 380. The SMILES string of the molecule is FC(F)(F)c1cc([B-](c2cc(C(F)(F)F)cc(C(F)(F)F)c2)(c2cc(C(F)(F)F)cc(C(F)(F)F)c2)c2cc(C(F)(F)F)cc(C(F)(F)F)c2)cc(C(F)(F)F)c1.FC(F)=C(F)c1c[n+](Cc2ccccc2)ccn1. The van der Waals surface area contributed by atoms with Crippen molar-refractivity contribution in [1.29, 1.82) is 0 Å². The molecule has 0 aliphatic carbocycles. The molecule has 0 fully saturated rings. The molecular formula is C45H22BF27N2. The van der Waals surface area contributed by atoms with E-state index in [0.29, 0.717) is 6.54 Å². The molecule has 0 spiro atoms. The number of hydrogen-bond acceptors (Lipinski definition) is 1. The van der Waals surface area contributed by atoms with Gasteiger partial charge in [-0.3, -0.25) is 0 Å². The Balaban J connectivity index is 0.000000483. The molecule has 1 aromatic heterocycles. The van der Waals surface area contributed by atoms with Gasteiger partial charge in [0.15, 0.2) is 24.6 Å². The van der Waals surface area contributed by atoms with Crippen LogP contribution in [-0.2, 0) is 56.0 Å². The van der Waals surface area contributed by atoms with Gasteiger partial charge in [-0.1, -0.05) is 78.9 Å². The minimum absolute atomic E-state index is 0.367. The van der Waals surface area contributed by atoms with Crippen LogP contribution in [0, 0.1) is 0 Å². The second kappa shape index (κ2) is 20.3. The van der Waals surface area contributed by atoms with Crippen LogP contribution in [0.5, 0.6) is 0 Å². The normalized spacial score (nSPS) is 13.3. The van der Waals surface area contributed by atoms with Crippen molar-refractivity contribution in [2.75, 3.05) is 0 Å². The largest absolute Gasteiger partial charge is 0.416 e.